The summed E-state index contributed by atoms with van der Waals surface area (Å²) >= 11 is 0. The van der Waals surface area contributed by atoms with Gasteiger partial charge in [0, 0.05) is 6.54 Å². The number of sulfone groups is 1. The summed E-state index contributed by atoms with van der Waals surface area (Å²) in [4.78, 5) is 0.00653. The van der Waals surface area contributed by atoms with Crippen molar-refractivity contribution in [2.24, 2.45) is 0 Å². The number of aliphatic hydroxyl groups excluding tert-OH is 1. The molecular formula is C10H17N3O3S. The van der Waals surface area contributed by atoms with E-state index in [2.05, 4.69) is 10.9 Å². The number of nitrogen functional groups attached to an aromatic ring is 1. The number of hydrazine groups is 1. The molecule has 0 aliphatic rings. The Bertz CT molecular complexity index is 486. The minimum absolute atomic E-state index is 0.00653. The summed E-state index contributed by atoms with van der Waals surface area (Å²) in [7, 11) is -3.71. The molecule has 1 atom stereocenters. The summed E-state index contributed by atoms with van der Waals surface area (Å²) in [6.45, 7) is 3.82. The van der Waals surface area contributed by atoms with Crippen LogP contribution in [0, 0.1) is 0 Å². The molecule has 0 fully saturated rings. The van der Waals surface area contributed by atoms with Crippen molar-refractivity contribution in [2.75, 3.05) is 17.7 Å². The fourth-order valence-corrected chi connectivity index (χ4v) is 2.16. The van der Waals surface area contributed by atoms with Gasteiger partial charge in [-0.2, -0.15) is 0 Å². The summed E-state index contributed by atoms with van der Waals surface area (Å²) in [5, 5.41) is 9.18. The van der Waals surface area contributed by atoms with Gasteiger partial charge in [0.25, 0.3) is 0 Å². The van der Waals surface area contributed by atoms with Crippen molar-refractivity contribution in [2.45, 2.75) is 24.2 Å². The number of benzene rings is 1. The van der Waals surface area contributed by atoms with Gasteiger partial charge in [-0.25, -0.2) is 13.8 Å². The third-order valence-corrected chi connectivity index (χ3v) is 4.01. The van der Waals surface area contributed by atoms with Crippen LogP contribution >= 0.6 is 0 Å². The van der Waals surface area contributed by atoms with Gasteiger partial charge in [-0.15, -0.1) is 0 Å². The van der Waals surface area contributed by atoms with Crippen molar-refractivity contribution < 1.29 is 13.5 Å². The minimum atomic E-state index is -3.71. The lowest BCUT2D eigenvalue weighted by Crippen LogP contribution is -2.22. The zero-order valence-electron chi connectivity index (χ0n) is 9.77. The van der Waals surface area contributed by atoms with Crippen molar-refractivity contribution in [3.8, 4) is 0 Å². The quantitative estimate of drug-likeness (QED) is 0.448. The summed E-state index contributed by atoms with van der Waals surface area (Å²) < 4.78 is 23.3. The fourth-order valence-electron chi connectivity index (χ4n) is 1.21. The van der Waals surface area contributed by atoms with Gasteiger partial charge in [0.1, 0.15) is 0 Å². The first-order valence-electron chi connectivity index (χ1n) is 5.20. The van der Waals surface area contributed by atoms with Gasteiger partial charge >= 0.3 is 0 Å². The lowest BCUT2D eigenvalue weighted by Gasteiger charge is -2.12. The molecule has 7 heteroatoms. The SMILES string of the molecule is CCNNc1ccc(S(=O)(=O)C(C)O)cc1N. The van der Waals surface area contributed by atoms with E-state index in [1.165, 1.54) is 19.1 Å². The van der Waals surface area contributed by atoms with Gasteiger partial charge in [0.15, 0.2) is 5.44 Å². The van der Waals surface area contributed by atoms with E-state index in [0.29, 0.717) is 17.9 Å². The number of rotatable bonds is 5. The average molecular weight is 259 g/mol. The van der Waals surface area contributed by atoms with Crippen LogP contribution in [0.5, 0.6) is 0 Å². The normalized spacial score (nSPS) is 13.4. The Labute approximate surface area is 101 Å². The van der Waals surface area contributed by atoms with E-state index < -0.39 is 15.3 Å². The van der Waals surface area contributed by atoms with E-state index in [1.807, 2.05) is 6.92 Å². The molecule has 0 heterocycles. The van der Waals surface area contributed by atoms with Gasteiger partial charge in [-0.05, 0) is 25.1 Å². The molecule has 6 nitrogen and oxygen atoms in total. The molecule has 0 aliphatic carbocycles. The van der Waals surface area contributed by atoms with Gasteiger partial charge < -0.3 is 16.3 Å². The standard InChI is InChI=1S/C10H17N3O3S/c1-3-12-13-10-5-4-8(6-9(10)11)17(15,16)7(2)14/h4-7,12-14H,3,11H2,1-2H3. The molecule has 0 saturated carbocycles. The lowest BCUT2D eigenvalue weighted by molar-refractivity contribution is 0.268. The largest absolute Gasteiger partial charge is 0.397 e. The van der Waals surface area contributed by atoms with Crippen LogP contribution in [0.25, 0.3) is 0 Å². The van der Waals surface area contributed by atoms with Gasteiger partial charge in [-0.3, -0.25) is 0 Å². The molecule has 0 spiro atoms. The lowest BCUT2D eigenvalue weighted by atomic mass is 10.3. The molecule has 1 rings (SSSR count). The molecule has 1 aromatic carbocycles. The molecule has 1 aromatic rings. The van der Waals surface area contributed by atoms with Gasteiger partial charge in [0.2, 0.25) is 9.84 Å². The first kappa shape index (κ1) is 13.8. The second kappa shape index (κ2) is 5.35. The predicted octanol–water partition coefficient (Wildman–Crippen LogP) is 0.317. The predicted molar refractivity (Wildman–Crippen MR) is 67.0 cm³/mol. The molecule has 0 radical (unpaired) electrons. The van der Waals surface area contributed by atoms with E-state index in [1.54, 1.807) is 6.07 Å². The van der Waals surface area contributed by atoms with Crippen LogP contribution in [0.4, 0.5) is 11.4 Å². The highest BCUT2D eigenvalue weighted by molar-refractivity contribution is 7.91. The van der Waals surface area contributed by atoms with E-state index in [4.69, 9.17) is 5.73 Å². The number of aliphatic hydroxyl groups is 1. The summed E-state index contributed by atoms with van der Waals surface area (Å²) in [6.07, 6.45) is 0. The first-order chi connectivity index (χ1) is 7.89. The Balaban J connectivity index is 3.05. The number of hydrogen-bond acceptors (Lipinski definition) is 6. The molecule has 0 bridgehead atoms. The molecule has 0 aromatic heterocycles. The van der Waals surface area contributed by atoms with Crippen molar-refractivity contribution in [1.82, 2.24) is 5.43 Å². The first-order valence-corrected chi connectivity index (χ1v) is 6.74. The van der Waals surface area contributed by atoms with Crippen LogP contribution in [-0.4, -0.2) is 25.5 Å². The highest BCUT2D eigenvalue weighted by Gasteiger charge is 2.21. The molecule has 5 N–H and O–H groups in total. The summed E-state index contributed by atoms with van der Waals surface area (Å²) in [5.74, 6) is 0. The van der Waals surface area contributed by atoms with E-state index >= 15 is 0 Å². The number of anilines is 2. The Morgan fingerprint density at radius 3 is 2.59 bits per heavy atom. The summed E-state index contributed by atoms with van der Waals surface area (Å²) in [6, 6.07) is 4.27. The van der Waals surface area contributed by atoms with Crippen LogP contribution < -0.4 is 16.6 Å². The smallest absolute Gasteiger partial charge is 0.204 e. The van der Waals surface area contributed by atoms with Crippen LogP contribution in [0.2, 0.25) is 0 Å². The Morgan fingerprint density at radius 1 is 1.47 bits per heavy atom. The van der Waals surface area contributed by atoms with E-state index in [9.17, 15) is 13.5 Å². The average Bonchev–Trinajstić information content (AvgIpc) is 2.27. The number of hydrogen-bond donors (Lipinski definition) is 4. The zero-order chi connectivity index (χ0) is 13.1. The monoisotopic (exact) mass is 259 g/mol. The molecule has 96 valence electrons. The van der Waals surface area contributed by atoms with Crippen LogP contribution in [0.15, 0.2) is 23.1 Å². The highest BCUT2D eigenvalue weighted by Crippen LogP contribution is 2.23. The Kier molecular flexibility index (Phi) is 4.33. The molecule has 0 amide bonds. The third kappa shape index (κ3) is 3.09. The van der Waals surface area contributed by atoms with Crippen molar-refractivity contribution in [3.63, 3.8) is 0 Å². The molecule has 1 unspecified atom stereocenters. The number of nitrogens with one attached hydrogen (secondary N) is 2. The summed E-state index contributed by atoms with van der Waals surface area (Å²) in [5.41, 5.74) is 10.8. The van der Waals surface area contributed by atoms with Crippen LogP contribution in [0.3, 0.4) is 0 Å². The topological polar surface area (TPSA) is 104 Å². The molecule has 0 saturated heterocycles. The number of nitrogens with two attached hydrogens (primary N) is 1. The van der Waals surface area contributed by atoms with Crippen molar-refractivity contribution in [1.29, 1.82) is 0 Å². The van der Waals surface area contributed by atoms with Gasteiger partial charge in [0.05, 0.1) is 16.3 Å². The van der Waals surface area contributed by atoms with Crippen LogP contribution in [-0.2, 0) is 9.84 Å². The van der Waals surface area contributed by atoms with Gasteiger partial charge in [-0.1, -0.05) is 6.92 Å². The fraction of sp³-hybridized carbons (Fsp3) is 0.400. The van der Waals surface area contributed by atoms with E-state index in [-0.39, 0.29) is 4.90 Å². The Morgan fingerprint density at radius 2 is 2.12 bits per heavy atom. The molecular weight excluding hydrogens is 242 g/mol. The third-order valence-electron chi connectivity index (χ3n) is 2.20. The maximum absolute atomic E-state index is 11.7. The minimum Gasteiger partial charge on any atom is -0.397 e. The highest BCUT2D eigenvalue weighted by atomic mass is 32.2. The van der Waals surface area contributed by atoms with Crippen molar-refractivity contribution in [3.05, 3.63) is 18.2 Å². The van der Waals surface area contributed by atoms with E-state index in [0.717, 1.165) is 0 Å². The maximum Gasteiger partial charge on any atom is 0.204 e. The molecule has 17 heavy (non-hydrogen) atoms. The second-order valence-electron chi connectivity index (χ2n) is 3.55. The second-order valence-corrected chi connectivity index (χ2v) is 5.79. The van der Waals surface area contributed by atoms with Crippen LogP contribution in [0.1, 0.15) is 13.8 Å². The Hall–Kier alpha value is -1.31. The van der Waals surface area contributed by atoms with Crippen molar-refractivity contribution >= 4 is 21.2 Å². The molecule has 0 aliphatic heterocycles. The zero-order valence-corrected chi connectivity index (χ0v) is 10.6. The maximum atomic E-state index is 11.7.